The van der Waals surface area contributed by atoms with Crippen LogP contribution in [0, 0.1) is 5.82 Å². The van der Waals surface area contributed by atoms with E-state index in [1.165, 1.54) is 27.8 Å². The fourth-order valence-corrected chi connectivity index (χ4v) is 3.71. The van der Waals surface area contributed by atoms with Gasteiger partial charge in [0.25, 0.3) is 5.56 Å². The van der Waals surface area contributed by atoms with E-state index in [2.05, 4.69) is 15.0 Å². The molecule has 0 radical (unpaired) electrons. The van der Waals surface area contributed by atoms with E-state index in [0.717, 1.165) is 0 Å². The van der Waals surface area contributed by atoms with Crippen LogP contribution in [0.25, 0.3) is 11.0 Å². The first kappa shape index (κ1) is 19.5. The number of carbonyl (C=O) groups is 1. The Morgan fingerprint density at radius 1 is 1.24 bits per heavy atom. The molecule has 1 fully saturated rings. The third kappa shape index (κ3) is 3.88. The maximum absolute atomic E-state index is 14.0. The van der Waals surface area contributed by atoms with Gasteiger partial charge < -0.3 is 4.90 Å². The van der Waals surface area contributed by atoms with Gasteiger partial charge in [0.2, 0.25) is 5.91 Å². The highest BCUT2D eigenvalue weighted by Gasteiger charge is 2.23. The summed E-state index contributed by atoms with van der Waals surface area (Å²) >= 11 is 6.10. The molecule has 29 heavy (non-hydrogen) atoms. The first-order valence-corrected chi connectivity index (χ1v) is 9.62. The van der Waals surface area contributed by atoms with Crippen LogP contribution in [-0.4, -0.2) is 61.2 Å². The number of amides is 1. The van der Waals surface area contributed by atoms with Crippen molar-refractivity contribution in [2.45, 2.75) is 13.1 Å². The molecule has 2 aromatic heterocycles. The zero-order valence-electron chi connectivity index (χ0n) is 15.9. The first-order valence-electron chi connectivity index (χ1n) is 9.24. The van der Waals surface area contributed by atoms with Crippen molar-refractivity contribution in [2.24, 2.45) is 7.05 Å². The first-order chi connectivity index (χ1) is 13.9. The summed E-state index contributed by atoms with van der Waals surface area (Å²) in [5, 5.41) is 4.81. The smallest absolute Gasteiger partial charge is 0.264 e. The Bertz CT molecular complexity index is 1100. The van der Waals surface area contributed by atoms with Gasteiger partial charge >= 0.3 is 0 Å². The Morgan fingerprint density at radius 3 is 2.72 bits per heavy atom. The summed E-state index contributed by atoms with van der Waals surface area (Å²) in [6.07, 6.45) is 2.83. The Morgan fingerprint density at radius 2 is 2.00 bits per heavy atom. The number of piperazine rings is 1. The fraction of sp³-hybridized carbons (Fsp3) is 0.368. The lowest BCUT2D eigenvalue weighted by atomic mass is 10.2. The zero-order valence-corrected chi connectivity index (χ0v) is 16.6. The van der Waals surface area contributed by atoms with Gasteiger partial charge in [-0.3, -0.25) is 23.7 Å². The molecule has 0 spiro atoms. The van der Waals surface area contributed by atoms with Crippen LogP contribution >= 0.6 is 11.6 Å². The maximum Gasteiger partial charge on any atom is 0.264 e. The molecular formula is C19H20ClFN6O2. The van der Waals surface area contributed by atoms with Crippen molar-refractivity contribution >= 4 is 28.5 Å². The Kier molecular flexibility index (Phi) is 5.33. The van der Waals surface area contributed by atoms with Gasteiger partial charge in [-0.15, -0.1) is 0 Å². The molecule has 1 saturated heterocycles. The van der Waals surface area contributed by atoms with E-state index < -0.39 is 0 Å². The lowest BCUT2D eigenvalue weighted by Crippen LogP contribution is -2.49. The van der Waals surface area contributed by atoms with Gasteiger partial charge in [0.15, 0.2) is 5.65 Å². The number of nitrogens with zero attached hydrogens (tertiary/aromatic N) is 6. The van der Waals surface area contributed by atoms with Crippen LogP contribution in [0.15, 0.2) is 35.5 Å². The number of benzene rings is 1. The predicted octanol–water partition coefficient (Wildman–Crippen LogP) is 1.27. The number of rotatable bonds is 4. The molecule has 0 unspecified atom stereocenters. The van der Waals surface area contributed by atoms with Crippen LogP contribution in [0.5, 0.6) is 0 Å². The highest BCUT2D eigenvalue weighted by Crippen LogP contribution is 2.21. The molecule has 1 amide bonds. The van der Waals surface area contributed by atoms with Crippen molar-refractivity contribution in [3.8, 4) is 0 Å². The zero-order chi connectivity index (χ0) is 20.5. The van der Waals surface area contributed by atoms with Crippen LogP contribution in [0.4, 0.5) is 4.39 Å². The standard InChI is InChI=1S/C19H20ClFN6O2/c1-24-18-13(9-23-24)19(29)27(12-22-18)11-17(28)26-7-5-25(6-8-26)10-14-15(20)3-2-4-16(14)21/h2-4,9,12H,5-8,10-11H2,1H3. The van der Waals surface area contributed by atoms with Crippen LogP contribution in [0.1, 0.15) is 5.56 Å². The monoisotopic (exact) mass is 418 g/mol. The van der Waals surface area contributed by atoms with Crippen molar-refractivity contribution in [2.75, 3.05) is 26.2 Å². The van der Waals surface area contributed by atoms with Crippen molar-refractivity contribution in [3.05, 3.63) is 57.5 Å². The molecule has 0 saturated carbocycles. The molecule has 0 atom stereocenters. The van der Waals surface area contributed by atoms with Crippen molar-refractivity contribution in [3.63, 3.8) is 0 Å². The molecule has 3 heterocycles. The molecule has 0 bridgehead atoms. The second kappa shape index (κ2) is 7.92. The number of halogens is 2. The van der Waals surface area contributed by atoms with Crippen LogP contribution in [-0.2, 0) is 24.9 Å². The van der Waals surface area contributed by atoms with Gasteiger partial charge in [0, 0.05) is 50.4 Å². The molecule has 1 aliphatic heterocycles. The number of hydrogen-bond acceptors (Lipinski definition) is 5. The average molecular weight is 419 g/mol. The minimum absolute atomic E-state index is 0.0736. The molecule has 1 aromatic carbocycles. The van der Waals surface area contributed by atoms with E-state index in [1.54, 1.807) is 24.1 Å². The lowest BCUT2D eigenvalue weighted by molar-refractivity contribution is -0.133. The van der Waals surface area contributed by atoms with Gasteiger partial charge in [-0.05, 0) is 12.1 Å². The van der Waals surface area contributed by atoms with Gasteiger partial charge in [-0.2, -0.15) is 5.10 Å². The second-order valence-corrected chi connectivity index (χ2v) is 7.45. The molecular weight excluding hydrogens is 399 g/mol. The number of aromatic nitrogens is 4. The molecule has 0 aliphatic carbocycles. The van der Waals surface area contributed by atoms with E-state index in [0.29, 0.717) is 54.3 Å². The number of carbonyl (C=O) groups excluding carboxylic acids is 1. The topological polar surface area (TPSA) is 76.3 Å². The molecule has 1 aliphatic rings. The largest absolute Gasteiger partial charge is 0.339 e. The Balaban J connectivity index is 1.38. The van der Waals surface area contributed by atoms with E-state index in [4.69, 9.17) is 11.6 Å². The molecule has 4 rings (SSSR count). The summed E-state index contributed by atoms with van der Waals surface area (Å²) in [4.78, 5) is 33.2. The summed E-state index contributed by atoms with van der Waals surface area (Å²) in [7, 11) is 1.71. The van der Waals surface area contributed by atoms with Crippen molar-refractivity contribution in [1.29, 1.82) is 0 Å². The van der Waals surface area contributed by atoms with Crippen LogP contribution in [0.3, 0.4) is 0 Å². The molecule has 0 N–H and O–H groups in total. The summed E-state index contributed by atoms with van der Waals surface area (Å²) in [5.74, 6) is -0.477. The van der Waals surface area contributed by atoms with Gasteiger partial charge in [-0.25, -0.2) is 9.37 Å². The Hall–Kier alpha value is -2.78. The highest BCUT2D eigenvalue weighted by atomic mass is 35.5. The summed E-state index contributed by atoms with van der Waals surface area (Å²) in [6.45, 7) is 2.53. The van der Waals surface area contributed by atoms with Crippen LogP contribution < -0.4 is 5.56 Å². The number of fused-ring (bicyclic) bond motifs is 1. The van der Waals surface area contributed by atoms with Gasteiger partial charge in [0.1, 0.15) is 24.1 Å². The van der Waals surface area contributed by atoms with Gasteiger partial charge in [-0.1, -0.05) is 17.7 Å². The molecule has 10 heteroatoms. The Labute approximate surface area is 171 Å². The average Bonchev–Trinajstić information content (AvgIpc) is 3.09. The van der Waals surface area contributed by atoms with E-state index in [9.17, 15) is 14.0 Å². The maximum atomic E-state index is 14.0. The van der Waals surface area contributed by atoms with E-state index in [1.807, 2.05) is 0 Å². The third-order valence-electron chi connectivity index (χ3n) is 5.19. The second-order valence-electron chi connectivity index (χ2n) is 7.04. The molecule has 152 valence electrons. The summed E-state index contributed by atoms with van der Waals surface area (Å²) < 4.78 is 16.8. The van der Waals surface area contributed by atoms with Crippen LogP contribution in [0.2, 0.25) is 5.02 Å². The quantitative estimate of drug-likeness (QED) is 0.637. The number of hydrogen-bond donors (Lipinski definition) is 0. The number of aryl methyl sites for hydroxylation is 1. The van der Waals surface area contributed by atoms with Crippen molar-refractivity contribution in [1.82, 2.24) is 29.1 Å². The molecule has 3 aromatic rings. The summed E-state index contributed by atoms with van der Waals surface area (Å²) in [5.41, 5.74) is 0.666. The normalized spacial score (nSPS) is 15.2. The minimum atomic E-state index is -0.325. The minimum Gasteiger partial charge on any atom is -0.339 e. The van der Waals surface area contributed by atoms with E-state index >= 15 is 0 Å². The SMILES string of the molecule is Cn1ncc2c(=O)n(CC(=O)N3CCN(Cc4c(F)cccc4Cl)CC3)cnc21. The third-order valence-corrected chi connectivity index (χ3v) is 5.55. The molecule has 8 nitrogen and oxygen atoms in total. The lowest BCUT2D eigenvalue weighted by Gasteiger charge is -2.35. The highest BCUT2D eigenvalue weighted by molar-refractivity contribution is 6.31. The van der Waals surface area contributed by atoms with Gasteiger partial charge in [0.05, 0.1) is 6.20 Å². The predicted molar refractivity (Wildman–Crippen MR) is 106 cm³/mol. The van der Waals surface area contributed by atoms with E-state index in [-0.39, 0.29) is 23.8 Å². The fourth-order valence-electron chi connectivity index (χ4n) is 3.49. The summed E-state index contributed by atoms with van der Waals surface area (Å²) in [6, 6.07) is 4.65. The van der Waals surface area contributed by atoms with Crippen molar-refractivity contribution < 1.29 is 9.18 Å².